The molecule has 3 rings (SSSR count). The maximum absolute atomic E-state index is 13.3. The molecule has 0 atom stereocenters. The highest BCUT2D eigenvalue weighted by atomic mass is 19.1. The van der Waals surface area contributed by atoms with Gasteiger partial charge >= 0.3 is 5.91 Å². The van der Waals surface area contributed by atoms with Crippen molar-refractivity contribution >= 4 is 22.8 Å². The van der Waals surface area contributed by atoms with Crippen LogP contribution in [0.1, 0.15) is 16.1 Å². The molecule has 0 bridgehead atoms. The minimum atomic E-state index is -0.678. The molecule has 2 amide bonds. The normalized spacial score (nSPS) is 10.6. The van der Waals surface area contributed by atoms with Gasteiger partial charge in [0.05, 0.1) is 0 Å². The number of hydrazine groups is 1. The molecule has 0 aliphatic carbocycles. The maximum atomic E-state index is 13.3. The number of nitrogens with zero attached hydrogens (tertiary/aromatic N) is 1. The standard InChI is InChI=1S/C17H14FN3O4/c1-10-12-8-11(18)5-6-13(12)25-16(10)17(24)20-19-14(22)9-21-7-3-2-4-15(21)23/h2-8H,9H2,1H3,(H,19,22)(H,20,24). The van der Waals surface area contributed by atoms with Gasteiger partial charge in [-0.3, -0.25) is 25.2 Å². The summed E-state index contributed by atoms with van der Waals surface area (Å²) in [5.41, 5.74) is 4.91. The minimum absolute atomic E-state index is 0.0298. The highest BCUT2D eigenvalue weighted by Crippen LogP contribution is 2.25. The average molecular weight is 343 g/mol. The first-order chi connectivity index (χ1) is 12.0. The summed E-state index contributed by atoms with van der Waals surface area (Å²) in [6, 6.07) is 8.42. The van der Waals surface area contributed by atoms with Gasteiger partial charge in [0.2, 0.25) is 0 Å². The zero-order valence-corrected chi connectivity index (χ0v) is 13.2. The predicted molar refractivity (Wildman–Crippen MR) is 87.2 cm³/mol. The van der Waals surface area contributed by atoms with Gasteiger partial charge in [-0.15, -0.1) is 0 Å². The molecule has 0 aliphatic rings. The summed E-state index contributed by atoms with van der Waals surface area (Å²) >= 11 is 0. The van der Waals surface area contributed by atoms with Gasteiger partial charge in [-0.05, 0) is 31.2 Å². The smallest absolute Gasteiger partial charge is 0.305 e. The highest BCUT2D eigenvalue weighted by molar-refractivity contribution is 5.99. The van der Waals surface area contributed by atoms with Crippen molar-refractivity contribution in [1.29, 1.82) is 0 Å². The topological polar surface area (TPSA) is 93.3 Å². The fourth-order valence-corrected chi connectivity index (χ4v) is 2.38. The second-order valence-electron chi connectivity index (χ2n) is 5.37. The molecule has 2 heterocycles. The van der Waals surface area contributed by atoms with Crippen LogP contribution in [0.4, 0.5) is 4.39 Å². The van der Waals surface area contributed by atoms with E-state index in [1.165, 1.54) is 35.0 Å². The molecular formula is C17H14FN3O4. The molecule has 7 nitrogen and oxygen atoms in total. The van der Waals surface area contributed by atoms with Gasteiger partial charge in [-0.2, -0.15) is 0 Å². The van der Waals surface area contributed by atoms with Crippen molar-refractivity contribution < 1.29 is 18.4 Å². The number of pyridine rings is 1. The molecule has 2 N–H and O–H groups in total. The first-order valence-electron chi connectivity index (χ1n) is 7.39. The minimum Gasteiger partial charge on any atom is -0.451 e. The fraction of sp³-hybridized carbons (Fsp3) is 0.118. The van der Waals surface area contributed by atoms with Gasteiger partial charge in [0.25, 0.3) is 11.5 Å². The first-order valence-corrected chi connectivity index (χ1v) is 7.39. The zero-order chi connectivity index (χ0) is 18.0. The summed E-state index contributed by atoms with van der Waals surface area (Å²) in [4.78, 5) is 35.5. The van der Waals surface area contributed by atoms with Crippen molar-refractivity contribution in [1.82, 2.24) is 15.4 Å². The number of fused-ring (bicyclic) bond motifs is 1. The third-order valence-electron chi connectivity index (χ3n) is 3.63. The van der Waals surface area contributed by atoms with Crippen LogP contribution in [0.15, 0.2) is 51.8 Å². The molecule has 1 aromatic carbocycles. The Kier molecular flexibility index (Phi) is 4.34. The largest absolute Gasteiger partial charge is 0.451 e. The molecule has 0 aliphatic heterocycles. The van der Waals surface area contributed by atoms with E-state index in [0.717, 1.165) is 0 Å². The Morgan fingerprint density at radius 2 is 2.00 bits per heavy atom. The summed E-state index contributed by atoms with van der Waals surface area (Å²) in [5, 5.41) is 0.479. The van der Waals surface area contributed by atoms with Crippen LogP contribution in [-0.2, 0) is 11.3 Å². The quantitative estimate of drug-likeness (QED) is 0.705. The lowest BCUT2D eigenvalue weighted by Gasteiger charge is -2.07. The summed E-state index contributed by atoms with van der Waals surface area (Å²) in [7, 11) is 0. The monoisotopic (exact) mass is 343 g/mol. The van der Waals surface area contributed by atoms with Gasteiger partial charge in [-0.1, -0.05) is 6.07 Å². The average Bonchev–Trinajstić information content (AvgIpc) is 2.91. The SMILES string of the molecule is Cc1c(C(=O)NNC(=O)Cn2ccccc2=O)oc2ccc(F)cc12. The van der Waals surface area contributed by atoms with E-state index in [1.54, 1.807) is 19.1 Å². The van der Waals surface area contributed by atoms with Crippen LogP contribution in [0, 0.1) is 12.7 Å². The summed E-state index contributed by atoms with van der Waals surface area (Å²) < 4.78 is 19.9. The number of benzene rings is 1. The van der Waals surface area contributed by atoms with Crippen LogP contribution in [0.3, 0.4) is 0 Å². The van der Waals surface area contributed by atoms with Gasteiger partial charge in [0, 0.05) is 23.2 Å². The van der Waals surface area contributed by atoms with Crippen LogP contribution < -0.4 is 16.4 Å². The summed E-state index contributed by atoms with van der Waals surface area (Å²) in [6.07, 6.45) is 1.46. The molecule has 0 saturated heterocycles. The maximum Gasteiger partial charge on any atom is 0.305 e. The van der Waals surface area contributed by atoms with Gasteiger partial charge in [0.15, 0.2) is 5.76 Å². The number of hydrogen-bond donors (Lipinski definition) is 2. The number of carbonyl (C=O) groups is 2. The Labute approximate surface area is 141 Å². The van der Waals surface area contributed by atoms with Crippen molar-refractivity contribution in [2.45, 2.75) is 13.5 Å². The van der Waals surface area contributed by atoms with E-state index < -0.39 is 17.6 Å². The molecular weight excluding hydrogens is 329 g/mol. The van der Waals surface area contributed by atoms with Crippen molar-refractivity contribution in [2.75, 3.05) is 0 Å². The van der Waals surface area contributed by atoms with E-state index in [2.05, 4.69) is 10.9 Å². The van der Waals surface area contributed by atoms with Crippen molar-refractivity contribution in [2.24, 2.45) is 0 Å². The first kappa shape index (κ1) is 16.4. The summed E-state index contributed by atoms with van der Waals surface area (Å²) in [5.74, 6) is -1.73. The highest BCUT2D eigenvalue weighted by Gasteiger charge is 2.18. The number of aromatic nitrogens is 1. The third kappa shape index (κ3) is 3.42. The van der Waals surface area contributed by atoms with Crippen molar-refractivity contribution in [3.8, 4) is 0 Å². The summed E-state index contributed by atoms with van der Waals surface area (Å²) in [6.45, 7) is 1.37. The number of furan rings is 1. The Balaban J connectivity index is 1.68. The molecule has 0 saturated carbocycles. The number of rotatable bonds is 3. The van der Waals surface area contributed by atoms with Crippen LogP contribution >= 0.6 is 0 Å². The van der Waals surface area contributed by atoms with Crippen LogP contribution in [0.2, 0.25) is 0 Å². The predicted octanol–water partition coefficient (Wildman–Crippen LogP) is 1.50. The number of carbonyl (C=O) groups excluding carboxylic acids is 2. The lowest BCUT2D eigenvalue weighted by atomic mass is 10.1. The van der Waals surface area contributed by atoms with Crippen LogP contribution in [-0.4, -0.2) is 16.4 Å². The fourth-order valence-electron chi connectivity index (χ4n) is 2.38. The Hall–Kier alpha value is -3.42. The molecule has 0 unspecified atom stereocenters. The van der Waals surface area contributed by atoms with Gasteiger partial charge in [-0.25, -0.2) is 4.39 Å². The van der Waals surface area contributed by atoms with E-state index in [0.29, 0.717) is 16.5 Å². The van der Waals surface area contributed by atoms with Crippen molar-refractivity contribution in [3.05, 3.63) is 70.1 Å². The van der Waals surface area contributed by atoms with Crippen LogP contribution in [0.5, 0.6) is 0 Å². The second kappa shape index (κ2) is 6.60. The number of amides is 2. The molecule has 0 spiro atoms. The lowest BCUT2D eigenvalue weighted by molar-refractivity contribution is -0.122. The third-order valence-corrected chi connectivity index (χ3v) is 3.63. The molecule has 3 aromatic rings. The molecule has 2 aromatic heterocycles. The molecule has 0 radical (unpaired) electrons. The Morgan fingerprint density at radius 1 is 1.20 bits per heavy atom. The number of aryl methyl sites for hydroxylation is 1. The molecule has 0 fully saturated rings. The zero-order valence-electron chi connectivity index (χ0n) is 13.2. The van der Waals surface area contributed by atoms with E-state index in [1.807, 2.05) is 0 Å². The van der Waals surface area contributed by atoms with Crippen LogP contribution in [0.25, 0.3) is 11.0 Å². The Morgan fingerprint density at radius 3 is 2.76 bits per heavy atom. The van der Waals surface area contributed by atoms with E-state index in [4.69, 9.17) is 4.42 Å². The van der Waals surface area contributed by atoms with E-state index in [9.17, 15) is 18.8 Å². The van der Waals surface area contributed by atoms with Gasteiger partial charge < -0.3 is 8.98 Å². The molecule has 8 heteroatoms. The van der Waals surface area contributed by atoms with E-state index in [-0.39, 0.29) is 17.9 Å². The van der Waals surface area contributed by atoms with Crippen molar-refractivity contribution in [3.63, 3.8) is 0 Å². The molecule has 25 heavy (non-hydrogen) atoms. The number of nitrogens with one attached hydrogen (secondary N) is 2. The Bertz CT molecular complexity index is 1020. The second-order valence-corrected chi connectivity index (χ2v) is 5.37. The van der Waals surface area contributed by atoms with E-state index >= 15 is 0 Å². The lowest BCUT2D eigenvalue weighted by Crippen LogP contribution is -2.44. The number of hydrogen-bond acceptors (Lipinski definition) is 4. The van der Waals surface area contributed by atoms with Gasteiger partial charge in [0.1, 0.15) is 17.9 Å². The molecule has 128 valence electrons. The number of halogens is 1.